The number of nitrogens with zero attached hydrogens (tertiary/aromatic N) is 5. The van der Waals surface area contributed by atoms with E-state index in [2.05, 4.69) is 12.6 Å². The Kier molecular flexibility index (Phi) is 4.25. The molecule has 0 aliphatic heterocycles. The number of benzene rings is 2. The molecular formula is C24H21N5O2. The molecule has 0 saturated heterocycles. The maximum Gasteiger partial charge on any atom is 0.332 e. The van der Waals surface area contributed by atoms with Gasteiger partial charge >= 0.3 is 5.69 Å². The Morgan fingerprint density at radius 3 is 2.55 bits per heavy atom. The van der Waals surface area contributed by atoms with Crippen molar-refractivity contribution in [3.8, 4) is 16.9 Å². The number of rotatable bonds is 4. The normalized spacial score (nSPS) is 11.4. The average Bonchev–Trinajstić information content (AvgIpc) is 3.32. The second-order valence-corrected chi connectivity index (χ2v) is 7.55. The van der Waals surface area contributed by atoms with Gasteiger partial charge in [0.15, 0.2) is 11.2 Å². The Labute approximate surface area is 177 Å². The zero-order valence-electron chi connectivity index (χ0n) is 17.3. The standard InChI is InChI=1S/C24H21N5O2/c1-4-13-27-22(30)20-21(26(3)24(27)31)25-23-28(20)15-19(17-10-6-5-7-11-17)29(23)18-12-8-9-16(2)14-18/h4-12,14-15H,1,13H2,2-3H3. The fraction of sp³-hybridized carbons (Fsp3) is 0.125. The van der Waals surface area contributed by atoms with Crippen LogP contribution >= 0.6 is 0 Å². The lowest BCUT2D eigenvalue weighted by Gasteiger charge is -2.10. The van der Waals surface area contributed by atoms with E-state index in [0.717, 1.165) is 22.5 Å². The fourth-order valence-corrected chi connectivity index (χ4v) is 4.02. The van der Waals surface area contributed by atoms with Gasteiger partial charge in [0.25, 0.3) is 5.56 Å². The van der Waals surface area contributed by atoms with Crippen LogP contribution in [0.4, 0.5) is 0 Å². The summed E-state index contributed by atoms with van der Waals surface area (Å²) in [6, 6.07) is 18.1. The minimum atomic E-state index is -0.413. The third-order valence-electron chi connectivity index (χ3n) is 5.49. The molecule has 0 radical (unpaired) electrons. The van der Waals surface area contributed by atoms with E-state index in [4.69, 9.17) is 4.98 Å². The third-order valence-corrected chi connectivity index (χ3v) is 5.49. The molecule has 0 spiro atoms. The maximum absolute atomic E-state index is 13.2. The Balaban J connectivity index is 1.97. The van der Waals surface area contributed by atoms with Gasteiger partial charge in [0.1, 0.15) is 0 Å². The topological polar surface area (TPSA) is 66.2 Å². The molecule has 154 valence electrons. The summed E-state index contributed by atoms with van der Waals surface area (Å²) in [5.74, 6) is 0.572. The smallest absolute Gasteiger partial charge is 0.279 e. The molecule has 0 saturated carbocycles. The van der Waals surface area contributed by atoms with Gasteiger partial charge in [0, 0.05) is 31.0 Å². The zero-order chi connectivity index (χ0) is 21.7. The van der Waals surface area contributed by atoms with Gasteiger partial charge in [0.2, 0.25) is 5.78 Å². The molecule has 0 fully saturated rings. The molecule has 5 aromatic rings. The molecule has 7 nitrogen and oxygen atoms in total. The summed E-state index contributed by atoms with van der Waals surface area (Å²) < 4.78 is 6.39. The van der Waals surface area contributed by atoms with Crippen molar-refractivity contribution in [2.45, 2.75) is 13.5 Å². The molecule has 0 atom stereocenters. The van der Waals surface area contributed by atoms with Crippen LogP contribution in [0.25, 0.3) is 33.9 Å². The SMILES string of the molecule is C=CCn1c(=O)c2c(nc3n(-c4cccc(C)c4)c(-c4ccccc4)cn23)n(C)c1=O. The van der Waals surface area contributed by atoms with Crippen LogP contribution in [0.5, 0.6) is 0 Å². The lowest BCUT2D eigenvalue weighted by Crippen LogP contribution is -2.39. The van der Waals surface area contributed by atoms with Crippen molar-refractivity contribution >= 4 is 16.9 Å². The van der Waals surface area contributed by atoms with Crippen molar-refractivity contribution in [2.75, 3.05) is 0 Å². The summed E-state index contributed by atoms with van der Waals surface area (Å²) in [5, 5.41) is 0. The first-order valence-electron chi connectivity index (χ1n) is 9.98. The van der Waals surface area contributed by atoms with Gasteiger partial charge in [-0.1, -0.05) is 48.5 Å². The highest BCUT2D eigenvalue weighted by Gasteiger charge is 2.22. The summed E-state index contributed by atoms with van der Waals surface area (Å²) in [6.45, 7) is 5.84. The summed E-state index contributed by atoms with van der Waals surface area (Å²) in [6.07, 6.45) is 3.45. The van der Waals surface area contributed by atoms with Crippen LogP contribution in [-0.4, -0.2) is 23.1 Å². The molecule has 0 aliphatic rings. The van der Waals surface area contributed by atoms with E-state index < -0.39 is 5.69 Å². The van der Waals surface area contributed by atoms with Gasteiger partial charge in [-0.05, 0) is 24.6 Å². The van der Waals surface area contributed by atoms with Crippen molar-refractivity contribution in [2.24, 2.45) is 7.05 Å². The summed E-state index contributed by atoms with van der Waals surface area (Å²) >= 11 is 0. The van der Waals surface area contributed by atoms with Crippen LogP contribution in [0.3, 0.4) is 0 Å². The molecule has 5 rings (SSSR count). The van der Waals surface area contributed by atoms with Crippen molar-refractivity contribution in [3.63, 3.8) is 0 Å². The summed E-state index contributed by atoms with van der Waals surface area (Å²) in [7, 11) is 1.63. The largest absolute Gasteiger partial charge is 0.332 e. The van der Waals surface area contributed by atoms with E-state index in [1.165, 1.54) is 9.13 Å². The molecule has 7 heteroatoms. The van der Waals surface area contributed by atoms with Gasteiger partial charge in [0.05, 0.1) is 5.69 Å². The molecule has 2 aromatic carbocycles. The van der Waals surface area contributed by atoms with Crippen LogP contribution < -0.4 is 11.2 Å². The minimum absolute atomic E-state index is 0.138. The number of hydrogen-bond donors (Lipinski definition) is 0. The lowest BCUT2D eigenvalue weighted by atomic mass is 10.1. The van der Waals surface area contributed by atoms with E-state index in [-0.39, 0.29) is 12.1 Å². The monoisotopic (exact) mass is 411 g/mol. The molecule has 31 heavy (non-hydrogen) atoms. The number of fused-ring (bicyclic) bond motifs is 3. The second kappa shape index (κ2) is 6.98. The predicted octanol–water partition coefficient (Wildman–Crippen LogP) is 3.30. The van der Waals surface area contributed by atoms with Crippen molar-refractivity contribution in [1.29, 1.82) is 0 Å². The van der Waals surface area contributed by atoms with Crippen molar-refractivity contribution < 1.29 is 0 Å². The Morgan fingerprint density at radius 2 is 1.84 bits per heavy atom. The molecule has 0 aliphatic carbocycles. The highest BCUT2D eigenvalue weighted by atomic mass is 16.2. The minimum Gasteiger partial charge on any atom is -0.279 e. The molecule has 0 N–H and O–H groups in total. The number of hydrogen-bond acceptors (Lipinski definition) is 3. The molecule has 3 aromatic heterocycles. The van der Waals surface area contributed by atoms with Gasteiger partial charge in [-0.15, -0.1) is 6.58 Å². The van der Waals surface area contributed by atoms with Gasteiger partial charge in [-0.2, -0.15) is 4.98 Å². The summed E-state index contributed by atoms with van der Waals surface area (Å²) in [4.78, 5) is 30.7. The maximum atomic E-state index is 13.2. The third kappa shape index (κ3) is 2.78. The van der Waals surface area contributed by atoms with E-state index in [9.17, 15) is 9.59 Å². The van der Waals surface area contributed by atoms with E-state index in [1.807, 2.05) is 66.2 Å². The van der Waals surface area contributed by atoms with Crippen LogP contribution in [0.15, 0.2) is 83.0 Å². The molecule has 0 amide bonds. The van der Waals surface area contributed by atoms with Gasteiger partial charge in [-0.3, -0.25) is 22.9 Å². The number of allylic oxidation sites excluding steroid dienone is 1. The first-order chi connectivity index (χ1) is 15.0. The van der Waals surface area contributed by atoms with Crippen molar-refractivity contribution in [1.82, 2.24) is 23.1 Å². The first-order valence-corrected chi connectivity index (χ1v) is 9.98. The highest BCUT2D eigenvalue weighted by Crippen LogP contribution is 2.29. The molecule has 0 bridgehead atoms. The fourth-order valence-electron chi connectivity index (χ4n) is 4.02. The highest BCUT2D eigenvalue weighted by molar-refractivity contribution is 5.79. The molecule has 0 unspecified atom stereocenters. The van der Waals surface area contributed by atoms with Crippen LogP contribution in [0, 0.1) is 6.92 Å². The first kappa shape index (κ1) is 18.9. The van der Waals surface area contributed by atoms with E-state index in [0.29, 0.717) is 16.9 Å². The quantitative estimate of drug-likeness (QED) is 0.426. The van der Waals surface area contributed by atoms with Crippen LogP contribution in [0.1, 0.15) is 5.56 Å². The Bertz CT molecular complexity index is 1580. The average molecular weight is 411 g/mol. The van der Waals surface area contributed by atoms with Crippen LogP contribution in [0.2, 0.25) is 0 Å². The number of imidazole rings is 2. The molecule has 3 heterocycles. The zero-order valence-corrected chi connectivity index (χ0v) is 17.3. The molecular weight excluding hydrogens is 390 g/mol. The Morgan fingerprint density at radius 1 is 1.06 bits per heavy atom. The van der Waals surface area contributed by atoms with Crippen molar-refractivity contribution in [3.05, 3.63) is 99.9 Å². The predicted molar refractivity (Wildman–Crippen MR) is 122 cm³/mol. The van der Waals surface area contributed by atoms with E-state index >= 15 is 0 Å². The lowest BCUT2D eigenvalue weighted by molar-refractivity contribution is 0.667. The second-order valence-electron chi connectivity index (χ2n) is 7.55. The number of aromatic nitrogens is 5. The Hall–Kier alpha value is -4.13. The summed E-state index contributed by atoms with van der Waals surface area (Å²) in [5.41, 5.74) is 3.86. The van der Waals surface area contributed by atoms with E-state index in [1.54, 1.807) is 17.5 Å². The van der Waals surface area contributed by atoms with Crippen LogP contribution in [-0.2, 0) is 13.6 Å². The van der Waals surface area contributed by atoms with Gasteiger partial charge < -0.3 is 0 Å². The number of aryl methyl sites for hydroxylation is 2. The van der Waals surface area contributed by atoms with Gasteiger partial charge in [-0.25, -0.2) is 4.79 Å².